The van der Waals surface area contributed by atoms with Crippen molar-refractivity contribution in [1.82, 2.24) is 25.0 Å². The number of hydrogen-bond donors (Lipinski definition) is 0. The third-order valence-corrected chi connectivity index (χ3v) is 12.2. The molecule has 0 amide bonds. The summed E-state index contributed by atoms with van der Waals surface area (Å²) in [6.45, 7) is 6.78. The first kappa shape index (κ1) is 50.7. The van der Waals surface area contributed by atoms with Gasteiger partial charge in [0.15, 0.2) is 18.1 Å². The van der Waals surface area contributed by atoms with Gasteiger partial charge in [-0.25, -0.2) is 4.57 Å². The van der Waals surface area contributed by atoms with E-state index in [1.165, 1.54) is 127 Å². The lowest BCUT2D eigenvalue weighted by Gasteiger charge is -2.11. The Morgan fingerprint density at radius 2 is 1.25 bits per heavy atom. The molecule has 10 nitrogen and oxygen atoms in total. The summed E-state index contributed by atoms with van der Waals surface area (Å²) in [5.74, 6) is -0.0647. The highest BCUT2D eigenvalue weighted by atomic mass is 35.5. The average Bonchev–Trinajstić information content (AvgIpc) is 3.78. The second-order valence-electron chi connectivity index (χ2n) is 17.4. The highest BCUT2D eigenvalue weighted by molar-refractivity contribution is 6.36. The Hall–Kier alpha value is -4.25. The van der Waals surface area contributed by atoms with Crippen LogP contribution in [0.5, 0.6) is 5.75 Å². The fourth-order valence-electron chi connectivity index (χ4n) is 8.32. The van der Waals surface area contributed by atoms with E-state index in [9.17, 15) is 4.79 Å². The molecule has 4 heterocycles. The van der Waals surface area contributed by atoms with E-state index in [0.29, 0.717) is 27.5 Å². The Morgan fingerprint density at radius 1 is 0.672 bits per heavy atom. The van der Waals surface area contributed by atoms with Crippen molar-refractivity contribution >= 4 is 28.5 Å². The van der Waals surface area contributed by atoms with Crippen molar-refractivity contribution in [2.24, 2.45) is 0 Å². The number of esters is 1. The number of fused-ring (bicyclic) bond motifs is 1. The smallest absolute Gasteiger partial charge is 0.308 e. The SMILES string of the molecule is CC(=O)Oc1c(-c2cn(CCCCCCCCCCCCOCCCc3ccc[n+](CCCCCCCCCCCCOCCCc4cccnc4)c3)nn2)cc(Cl)c2cccnc12. The van der Waals surface area contributed by atoms with Crippen LogP contribution in [0.2, 0.25) is 5.02 Å². The van der Waals surface area contributed by atoms with E-state index in [1.807, 2.05) is 35.4 Å². The zero-order chi connectivity index (χ0) is 44.7. The Balaban J connectivity index is 0.763. The number of unbranched alkanes of at least 4 members (excludes halogenated alkanes) is 18. The molecule has 4 aromatic heterocycles. The second kappa shape index (κ2) is 31.6. The molecule has 5 rings (SSSR count). The summed E-state index contributed by atoms with van der Waals surface area (Å²) in [5.41, 5.74) is 4.46. The van der Waals surface area contributed by atoms with E-state index >= 15 is 0 Å². The molecule has 0 atom stereocenters. The number of rotatable bonds is 36. The summed E-state index contributed by atoms with van der Waals surface area (Å²) in [5, 5.41) is 9.93. The highest BCUT2D eigenvalue weighted by Crippen LogP contribution is 2.39. The first-order chi connectivity index (χ1) is 31.6. The summed E-state index contributed by atoms with van der Waals surface area (Å²) in [6, 6.07) is 14.0. The molecule has 1 aromatic carbocycles. The van der Waals surface area contributed by atoms with Gasteiger partial charge in [0.25, 0.3) is 0 Å². The summed E-state index contributed by atoms with van der Waals surface area (Å²) in [4.78, 5) is 20.5. The van der Waals surface area contributed by atoms with Crippen LogP contribution in [0.3, 0.4) is 0 Å². The number of aryl methyl sites for hydroxylation is 4. The van der Waals surface area contributed by atoms with Gasteiger partial charge in [-0.1, -0.05) is 119 Å². The molecular weight excluding hydrogens is 820 g/mol. The minimum absolute atomic E-state index is 0.358. The molecule has 0 N–H and O–H groups in total. The maximum absolute atomic E-state index is 11.9. The maximum Gasteiger partial charge on any atom is 0.308 e. The van der Waals surface area contributed by atoms with Gasteiger partial charge >= 0.3 is 5.97 Å². The molecular formula is C53H76ClN6O4+. The van der Waals surface area contributed by atoms with Crippen LogP contribution in [-0.4, -0.2) is 57.4 Å². The number of carbonyl (C=O) groups is 1. The van der Waals surface area contributed by atoms with E-state index in [-0.39, 0.29) is 0 Å². The third kappa shape index (κ3) is 20.3. The lowest BCUT2D eigenvalue weighted by atomic mass is 10.1. The van der Waals surface area contributed by atoms with Gasteiger partial charge < -0.3 is 14.2 Å². The first-order valence-electron chi connectivity index (χ1n) is 24.8. The molecule has 64 heavy (non-hydrogen) atoms. The molecule has 0 spiro atoms. The molecule has 348 valence electrons. The van der Waals surface area contributed by atoms with Crippen LogP contribution in [0.4, 0.5) is 0 Å². The largest absolute Gasteiger partial charge is 0.424 e. The molecule has 0 bridgehead atoms. The Kier molecular flexibility index (Phi) is 25.1. The second-order valence-corrected chi connectivity index (χ2v) is 17.8. The zero-order valence-electron chi connectivity index (χ0n) is 38.9. The summed E-state index contributed by atoms with van der Waals surface area (Å²) in [7, 11) is 0. The van der Waals surface area contributed by atoms with Crippen molar-refractivity contribution in [3.8, 4) is 17.0 Å². The predicted octanol–water partition coefficient (Wildman–Crippen LogP) is 12.9. The molecule has 0 radical (unpaired) electrons. The van der Waals surface area contributed by atoms with E-state index in [2.05, 4.69) is 55.4 Å². The summed E-state index contributed by atoms with van der Waals surface area (Å²) in [6.07, 6.45) is 41.8. The van der Waals surface area contributed by atoms with Crippen molar-refractivity contribution in [1.29, 1.82) is 0 Å². The van der Waals surface area contributed by atoms with Crippen LogP contribution < -0.4 is 9.30 Å². The number of hydrogen-bond acceptors (Lipinski definition) is 8. The minimum atomic E-state index is -0.423. The van der Waals surface area contributed by atoms with Crippen molar-refractivity contribution in [2.45, 2.75) is 174 Å². The number of carbonyl (C=O) groups excluding carboxylic acids is 1. The first-order valence-corrected chi connectivity index (χ1v) is 25.1. The van der Waals surface area contributed by atoms with Crippen LogP contribution in [0.1, 0.15) is 159 Å². The molecule has 0 saturated heterocycles. The van der Waals surface area contributed by atoms with E-state index in [4.69, 9.17) is 25.8 Å². The Morgan fingerprint density at radius 3 is 1.89 bits per heavy atom. The van der Waals surface area contributed by atoms with Crippen molar-refractivity contribution < 1.29 is 23.6 Å². The van der Waals surface area contributed by atoms with Crippen molar-refractivity contribution in [3.05, 3.63) is 95.8 Å². The minimum Gasteiger partial charge on any atom is -0.424 e. The molecule has 5 aromatic rings. The molecule has 0 saturated carbocycles. The number of ether oxygens (including phenoxy) is 3. The van der Waals surface area contributed by atoms with Crippen LogP contribution in [0.15, 0.2) is 79.6 Å². The standard InChI is InChI=1S/C53H76ClN6O4/c1-45(61)64-53-49(41-50(54)48-31-23-33-56-52(48)53)51-44-60(58-57-51)36-19-15-11-7-3-5-9-13-17-21-38-63-40-26-30-47-28-24-35-59(43-47)34-18-14-10-6-2-4-8-12-16-20-37-62-39-25-29-46-27-22-32-55-42-46/h22-24,27-28,31-33,35,41-44H,2-21,25-26,29-30,34,36-40H2,1H3/q+1. The molecule has 0 unspecified atom stereocenters. The van der Waals surface area contributed by atoms with Gasteiger partial charge in [0, 0.05) is 81.9 Å². The molecule has 0 aliphatic carbocycles. The Bertz CT molecular complexity index is 2010. The maximum atomic E-state index is 11.9. The monoisotopic (exact) mass is 896 g/mol. The molecule has 0 fully saturated rings. The number of halogens is 1. The summed E-state index contributed by atoms with van der Waals surface area (Å²) < 4.78 is 21.6. The van der Waals surface area contributed by atoms with Gasteiger partial charge in [-0.05, 0) is 87.3 Å². The zero-order valence-corrected chi connectivity index (χ0v) is 39.7. The third-order valence-electron chi connectivity index (χ3n) is 11.9. The fourth-order valence-corrected chi connectivity index (χ4v) is 8.58. The molecule has 0 aliphatic heterocycles. The predicted molar refractivity (Wildman–Crippen MR) is 259 cm³/mol. The topological polar surface area (TPSA) is 105 Å². The van der Waals surface area contributed by atoms with Crippen LogP contribution in [0, 0.1) is 0 Å². The van der Waals surface area contributed by atoms with E-state index in [1.54, 1.807) is 18.3 Å². The fraction of sp³-hybridized carbons (Fsp3) is 0.585. The van der Waals surface area contributed by atoms with Gasteiger partial charge in [0.1, 0.15) is 17.8 Å². The van der Waals surface area contributed by atoms with Crippen molar-refractivity contribution in [3.63, 3.8) is 0 Å². The quantitative estimate of drug-likeness (QED) is 0.0169. The van der Waals surface area contributed by atoms with Crippen LogP contribution >= 0.6 is 11.6 Å². The van der Waals surface area contributed by atoms with Gasteiger partial charge in [0.05, 0.1) is 16.8 Å². The number of benzene rings is 1. The normalized spacial score (nSPS) is 11.5. The van der Waals surface area contributed by atoms with Gasteiger partial charge in [-0.2, -0.15) is 0 Å². The highest BCUT2D eigenvalue weighted by Gasteiger charge is 2.19. The van der Waals surface area contributed by atoms with E-state index in [0.717, 1.165) is 89.8 Å². The summed E-state index contributed by atoms with van der Waals surface area (Å²) >= 11 is 6.55. The lowest BCUT2D eigenvalue weighted by molar-refractivity contribution is -0.697. The van der Waals surface area contributed by atoms with Crippen LogP contribution in [-0.2, 0) is 40.2 Å². The molecule has 11 heteroatoms. The van der Waals surface area contributed by atoms with Crippen LogP contribution in [0.25, 0.3) is 22.2 Å². The number of pyridine rings is 3. The average molecular weight is 897 g/mol. The van der Waals surface area contributed by atoms with Gasteiger partial charge in [-0.15, -0.1) is 5.10 Å². The Labute approximate surface area is 388 Å². The van der Waals surface area contributed by atoms with Gasteiger partial charge in [0.2, 0.25) is 0 Å². The van der Waals surface area contributed by atoms with E-state index < -0.39 is 5.97 Å². The van der Waals surface area contributed by atoms with Crippen molar-refractivity contribution in [2.75, 3.05) is 26.4 Å². The molecule has 0 aliphatic rings. The lowest BCUT2D eigenvalue weighted by Crippen LogP contribution is -2.33. The number of aromatic nitrogens is 6. The van der Waals surface area contributed by atoms with Gasteiger partial charge in [-0.3, -0.25) is 19.4 Å². The number of nitrogens with zero attached hydrogens (tertiary/aromatic N) is 6.